The number of hydrogen-bond acceptors (Lipinski definition) is 4. The Morgan fingerprint density at radius 3 is 2.10 bits per heavy atom. The third-order valence-corrected chi connectivity index (χ3v) is 8.57. The van der Waals surface area contributed by atoms with Crippen LogP contribution in [0.3, 0.4) is 0 Å². The number of carbonyl (C=O) groups excluding carboxylic acids is 2. The van der Waals surface area contributed by atoms with Gasteiger partial charge in [0.15, 0.2) is 0 Å². The maximum absolute atomic E-state index is 13.9. The molecule has 0 aromatic heterocycles. The summed E-state index contributed by atoms with van der Waals surface area (Å²) < 4.78 is 28.5. The molecule has 3 rings (SSSR count). The SMILES string of the molecule is CCCCNC(=O)[C@H](C)N(Cc1ccc(Cl)cc1)C(=O)CN(c1cccc(Cl)c1)S(=O)(=O)c1ccc(Cl)cc1. The summed E-state index contributed by atoms with van der Waals surface area (Å²) >= 11 is 18.2. The molecule has 0 aliphatic rings. The molecular formula is C28H30Cl3N3O4S. The number of rotatable bonds is 12. The van der Waals surface area contributed by atoms with Gasteiger partial charge in [0.2, 0.25) is 11.8 Å². The second kappa shape index (κ2) is 14.0. The van der Waals surface area contributed by atoms with Gasteiger partial charge in [0.1, 0.15) is 12.6 Å². The molecule has 0 radical (unpaired) electrons. The van der Waals surface area contributed by atoms with Gasteiger partial charge in [-0.05, 0) is 73.5 Å². The number of nitrogens with one attached hydrogen (secondary N) is 1. The largest absolute Gasteiger partial charge is 0.354 e. The van der Waals surface area contributed by atoms with Crippen LogP contribution in [0.4, 0.5) is 5.69 Å². The summed E-state index contributed by atoms with van der Waals surface area (Å²) in [5.74, 6) is -0.902. The quantitative estimate of drug-likeness (QED) is 0.248. The van der Waals surface area contributed by atoms with E-state index in [1.807, 2.05) is 6.92 Å². The summed E-state index contributed by atoms with van der Waals surface area (Å²) in [5.41, 5.74) is 0.938. The minimum atomic E-state index is -4.21. The molecule has 0 unspecified atom stereocenters. The molecule has 11 heteroatoms. The zero-order valence-corrected chi connectivity index (χ0v) is 24.7. The maximum Gasteiger partial charge on any atom is 0.264 e. The van der Waals surface area contributed by atoms with Gasteiger partial charge in [-0.15, -0.1) is 0 Å². The first-order valence-corrected chi connectivity index (χ1v) is 15.0. The molecule has 208 valence electrons. The first kappa shape index (κ1) is 30.8. The number of hydrogen-bond donors (Lipinski definition) is 1. The highest BCUT2D eigenvalue weighted by Crippen LogP contribution is 2.27. The summed E-state index contributed by atoms with van der Waals surface area (Å²) in [6.07, 6.45) is 1.70. The van der Waals surface area contributed by atoms with Gasteiger partial charge in [-0.25, -0.2) is 8.42 Å². The maximum atomic E-state index is 13.9. The first-order valence-electron chi connectivity index (χ1n) is 12.4. The molecule has 1 N–H and O–H groups in total. The highest BCUT2D eigenvalue weighted by molar-refractivity contribution is 7.92. The van der Waals surface area contributed by atoms with Gasteiger partial charge in [0, 0.05) is 28.2 Å². The predicted octanol–water partition coefficient (Wildman–Crippen LogP) is 6.18. The number of nitrogens with zero attached hydrogens (tertiary/aromatic N) is 2. The van der Waals surface area contributed by atoms with Gasteiger partial charge in [-0.2, -0.15) is 0 Å². The van der Waals surface area contributed by atoms with Gasteiger partial charge in [-0.1, -0.05) is 66.3 Å². The highest BCUT2D eigenvalue weighted by Gasteiger charge is 2.32. The van der Waals surface area contributed by atoms with E-state index in [1.54, 1.807) is 49.4 Å². The fourth-order valence-corrected chi connectivity index (χ4v) is 5.64. The van der Waals surface area contributed by atoms with Gasteiger partial charge in [0.25, 0.3) is 10.0 Å². The van der Waals surface area contributed by atoms with Crippen molar-refractivity contribution in [2.75, 3.05) is 17.4 Å². The molecule has 7 nitrogen and oxygen atoms in total. The van der Waals surface area contributed by atoms with E-state index in [4.69, 9.17) is 34.8 Å². The van der Waals surface area contributed by atoms with E-state index in [-0.39, 0.29) is 23.0 Å². The Morgan fingerprint density at radius 2 is 1.51 bits per heavy atom. The molecule has 0 aliphatic carbocycles. The van der Waals surface area contributed by atoms with E-state index in [9.17, 15) is 18.0 Å². The Hall–Kier alpha value is -2.78. The summed E-state index contributed by atoms with van der Waals surface area (Å²) in [6, 6.07) is 17.9. The Balaban J connectivity index is 1.99. The Labute approximate surface area is 244 Å². The van der Waals surface area contributed by atoms with Crippen molar-refractivity contribution in [2.24, 2.45) is 0 Å². The van der Waals surface area contributed by atoms with Crippen molar-refractivity contribution in [3.8, 4) is 0 Å². The van der Waals surface area contributed by atoms with Crippen molar-refractivity contribution in [1.29, 1.82) is 0 Å². The number of halogens is 3. The molecule has 0 fully saturated rings. The molecule has 0 spiro atoms. The fourth-order valence-electron chi connectivity index (χ4n) is 3.80. The van der Waals surface area contributed by atoms with Crippen LogP contribution < -0.4 is 9.62 Å². The zero-order chi connectivity index (χ0) is 28.6. The van der Waals surface area contributed by atoms with E-state index in [0.29, 0.717) is 21.6 Å². The minimum absolute atomic E-state index is 0.0470. The van der Waals surface area contributed by atoms with Crippen LogP contribution in [-0.2, 0) is 26.2 Å². The normalized spacial score (nSPS) is 12.0. The molecule has 1 atom stereocenters. The first-order chi connectivity index (χ1) is 18.5. The third-order valence-electron chi connectivity index (χ3n) is 6.04. The number of amides is 2. The molecule has 3 aromatic rings. The molecule has 0 bridgehead atoms. The Bertz CT molecular complexity index is 1380. The van der Waals surface area contributed by atoms with Crippen LogP contribution in [0.1, 0.15) is 32.3 Å². The lowest BCUT2D eigenvalue weighted by molar-refractivity contribution is -0.139. The van der Waals surface area contributed by atoms with Crippen molar-refractivity contribution in [1.82, 2.24) is 10.2 Å². The highest BCUT2D eigenvalue weighted by atomic mass is 35.5. The zero-order valence-electron chi connectivity index (χ0n) is 21.6. The number of carbonyl (C=O) groups is 2. The third kappa shape index (κ3) is 8.35. The summed E-state index contributed by atoms with van der Waals surface area (Å²) in [7, 11) is -4.21. The van der Waals surface area contributed by atoms with E-state index < -0.39 is 28.5 Å². The summed E-state index contributed by atoms with van der Waals surface area (Å²) in [5, 5.41) is 4.06. The lowest BCUT2D eigenvalue weighted by atomic mass is 10.1. The molecular weight excluding hydrogens is 581 g/mol. The van der Waals surface area contributed by atoms with Crippen LogP contribution in [-0.4, -0.2) is 44.3 Å². The van der Waals surface area contributed by atoms with Crippen molar-refractivity contribution < 1.29 is 18.0 Å². The molecule has 3 aromatic carbocycles. The second-order valence-electron chi connectivity index (χ2n) is 8.91. The van der Waals surface area contributed by atoms with Gasteiger partial charge >= 0.3 is 0 Å². The predicted molar refractivity (Wildman–Crippen MR) is 157 cm³/mol. The molecule has 2 amide bonds. The van der Waals surface area contributed by atoms with Crippen LogP contribution in [0.25, 0.3) is 0 Å². The number of sulfonamides is 1. The van der Waals surface area contributed by atoms with E-state index in [2.05, 4.69) is 5.32 Å². The lowest BCUT2D eigenvalue weighted by Gasteiger charge is -2.32. The number of anilines is 1. The van der Waals surface area contributed by atoms with E-state index in [0.717, 1.165) is 22.7 Å². The fraction of sp³-hybridized carbons (Fsp3) is 0.286. The molecule has 0 saturated heterocycles. The minimum Gasteiger partial charge on any atom is -0.354 e. The Morgan fingerprint density at radius 1 is 0.897 bits per heavy atom. The van der Waals surface area contributed by atoms with Crippen LogP contribution in [0.2, 0.25) is 15.1 Å². The van der Waals surface area contributed by atoms with Crippen LogP contribution in [0.15, 0.2) is 77.7 Å². The van der Waals surface area contributed by atoms with Crippen LogP contribution in [0, 0.1) is 0 Å². The standard InChI is InChI=1S/C28H30Cl3N3O4S/c1-3-4-16-32-28(36)20(2)33(18-21-8-10-22(29)11-9-21)27(35)19-34(25-7-5-6-24(31)17-25)39(37,38)26-14-12-23(30)13-15-26/h5-15,17,20H,3-4,16,18-19H2,1-2H3,(H,32,36)/t20-/m0/s1. The van der Waals surface area contributed by atoms with Crippen molar-refractivity contribution >= 4 is 62.3 Å². The molecule has 0 aliphatic heterocycles. The average Bonchev–Trinajstić information content (AvgIpc) is 2.91. The second-order valence-corrected chi connectivity index (χ2v) is 12.1. The molecule has 39 heavy (non-hydrogen) atoms. The number of benzene rings is 3. The van der Waals surface area contributed by atoms with Gasteiger partial charge in [0.05, 0.1) is 10.6 Å². The van der Waals surface area contributed by atoms with Crippen LogP contribution >= 0.6 is 34.8 Å². The van der Waals surface area contributed by atoms with Gasteiger partial charge < -0.3 is 10.2 Å². The smallest absolute Gasteiger partial charge is 0.264 e. The molecule has 0 heterocycles. The molecule has 0 saturated carbocycles. The summed E-state index contributed by atoms with van der Waals surface area (Å²) in [4.78, 5) is 28.1. The van der Waals surface area contributed by atoms with Gasteiger partial charge in [-0.3, -0.25) is 13.9 Å². The van der Waals surface area contributed by atoms with Crippen molar-refractivity contribution in [3.63, 3.8) is 0 Å². The van der Waals surface area contributed by atoms with Crippen LogP contribution in [0.5, 0.6) is 0 Å². The average molecular weight is 611 g/mol. The summed E-state index contributed by atoms with van der Waals surface area (Å²) in [6.45, 7) is 3.61. The topological polar surface area (TPSA) is 86.8 Å². The van der Waals surface area contributed by atoms with Crippen molar-refractivity contribution in [2.45, 2.75) is 44.2 Å². The van der Waals surface area contributed by atoms with E-state index in [1.165, 1.54) is 35.2 Å². The van der Waals surface area contributed by atoms with Crippen molar-refractivity contribution in [3.05, 3.63) is 93.4 Å². The monoisotopic (exact) mass is 609 g/mol. The van der Waals surface area contributed by atoms with E-state index >= 15 is 0 Å². The Kier molecular flexibility index (Phi) is 11.1. The number of unbranched alkanes of at least 4 members (excludes halogenated alkanes) is 1. The lowest BCUT2D eigenvalue weighted by Crippen LogP contribution is -2.51.